The van der Waals surface area contributed by atoms with Crippen molar-refractivity contribution in [1.29, 1.82) is 0 Å². The van der Waals surface area contributed by atoms with Crippen LogP contribution in [0.15, 0.2) is 53.6 Å². The summed E-state index contributed by atoms with van der Waals surface area (Å²) in [6.07, 6.45) is -1.29. The fraction of sp³-hybridized carbons (Fsp3) is 0.395. The molecule has 8 rings (SSSR count). The third kappa shape index (κ3) is 6.40. The molecule has 2 N–H and O–H groups in total. The number of carbonyl (C=O) groups is 2. The van der Waals surface area contributed by atoms with Gasteiger partial charge >= 0.3 is 6.18 Å². The molecular weight excluding hydrogens is 738 g/mol. The Morgan fingerprint density at radius 2 is 1.84 bits per heavy atom. The van der Waals surface area contributed by atoms with Gasteiger partial charge in [0.25, 0.3) is 11.5 Å². The summed E-state index contributed by atoms with van der Waals surface area (Å²) in [4.78, 5) is 58.4. The Morgan fingerprint density at radius 3 is 2.52 bits per heavy atom. The number of hydrogen-bond acceptors (Lipinski definition) is 10. The van der Waals surface area contributed by atoms with Crippen LogP contribution in [0, 0.1) is 5.82 Å². The molecule has 18 heteroatoms. The van der Waals surface area contributed by atoms with Crippen LogP contribution < -0.4 is 15.8 Å². The molecule has 292 valence electrons. The number of likely N-dealkylation sites (tertiary alicyclic amines) is 1. The van der Waals surface area contributed by atoms with E-state index in [2.05, 4.69) is 20.4 Å². The molecule has 14 nitrogen and oxygen atoms in total. The number of anilines is 2. The van der Waals surface area contributed by atoms with Crippen LogP contribution in [0.25, 0.3) is 17.2 Å². The highest BCUT2D eigenvalue weighted by atomic mass is 19.4. The molecule has 2 aromatic carbocycles. The smallest absolute Gasteiger partial charge is 0.416 e. The Bertz CT molecular complexity index is 2440. The van der Waals surface area contributed by atoms with Crippen LogP contribution in [-0.4, -0.2) is 84.2 Å². The maximum atomic E-state index is 14.8. The minimum atomic E-state index is -4.77. The van der Waals surface area contributed by atoms with Gasteiger partial charge < -0.3 is 29.5 Å². The summed E-state index contributed by atoms with van der Waals surface area (Å²) >= 11 is 0. The lowest BCUT2D eigenvalue weighted by Crippen LogP contribution is -2.47. The molecule has 0 bridgehead atoms. The third-order valence-electron chi connectivity index (χ3n) is 11.0. The number of alkyl halides is 3. The van der Waals surface area contributed by atoms with Gasteiger partial charge in [-0.05, 0) is 61.4 Å². The second kappa shape index (κ2) is 14.0. The van der Waals surface area contributed by atoms with Crippen molar-refractivity contribution < 1.29 is 37.0 Å². The second-order valence-electron chi connectivity index (χ2n) is 14.6. The maximum Gasteiger partial charge on any atom is 0.416 e. The van der Waals surface area contributed by atoms with Crippen molar-refractivity contribution in [3.05, 3.63) is 93.0 Å². The normalized spacial score (nSPS) is 17.6. The van der Waals surface area contributed by atoms with Gasteiger partial charge in [-0.15, -0.1) is 5.10 Å². The summed E-state index contributed by atoms with van der Waals surface area (Å²) in [6.45, 7) is 3.69. The fourth-order valence-corrected chi connectivity index (χ4v) is 8.27. The number of aromatic hydroxyl groups is 1. The van der Waals surface area contributed by atoms with Gasteiger partial charge in [0, 0.05) is 55.5 Å². The average Bonchev–Trinajstić information content (AvgIpc) is 3.71. The van der Waals surface area contributed by atoms with E-state index >= 15 is 0 Å². The van der Waals surface area contributed by atoms with Gasteiger partial charge in [-0.25, -0.2) is 14.4 Å². The summed E-state index contributed by atoms with van der Waals surface area (Å²) in [5, 5.41) is 17.9. The van der Waals surface area contributed by atoms with Gasteiger partial charge in [0.05, 0.1) is 17.9 Å². The lowest BCUT2D eigenvalue weighted by Gasteiger charge is -2.39. The SMILES string of the molecule is COCc1cccc(-c2nc3n(CC(=O)Nc4ccc(C(F)(F)F)cc4F)c4c(c(=O)n3n2)C2(CCN(C(=O)c3ncnc(N5CCC5)c3O)CC2)CC4C)c1. The number of benzene rings is 2. The number of nitrogens with zero attached hydrogens (tertiary/aromatic N) is 8. The van der Waals surface area contributed by atoms with E-state index in [0.717, 1.165) is 22.6 Å². The van der Waals surface area contributed by atoms with E-state index in [9.17, 15) is 37.1 Å². The maximum absolute atomic E-state index is 14.8. The van der Waals surface area contributed by atoms with Gasteiger partial charge in [0.15, 0.2) is 23.1 Å². The van der Waals surface area contributed by atoms with Crippen molar-refractivity contribution in [3.63, 3.8) is 0 Å². The minimum Gasteiger partial charge on any atom is -0.503 e. The van der Waals surface area contributed by atoms with E-state index in [1.54, 1.807) is 28.7 Å². The predicted molar refractivity (Wildman–Crippen MR) is 194 cm³/mol. The van der Waals surface area contributed by atoms with E-state index < -0.39 is 52.6 Å². The molecule has 56 heavy (non-hydrogen) atoms. The number of rotatable bonds is 8. The number of halogens is 4. The summed E-state index contributed by atoms with van der Waals surface area (Å²) in [5.41, 5.74) is -0.511. The highest BCUT2D eigenvalue weighted by Gasteiger charge is 2.49. The predicted octanol–water partition coefficient (Wildman–Crippen LogP) is 4.89. The largest absolute Gasteiger partial charge is 0.503 e. The van der Waals surface area contributed by atoms with E-state index in [-0.39, 0.29) is 42.1 Å². The number of amides is 2. The number of hydrogen-bond donors (Lipinski definition) is 2. The fourth-order valence-electron chi connectivity index (χ4n) is 8.27. The van der Waals surface area contributed by atoms with Crippen molar-refractivity contribution in [2.75, 3.05) is 43.5 Å². The minimum absolute atomic E-state index is 0.0534. The topological polar surface area (TPSA) is 160 Å². The van der Waals surface area contributed by atoms with Gasteiger partial charge in [0.1, 0.15) is 18.7 Å². The number of fused-ring (bicyclic) bond motifs is 3. The quantitative estimate of drug-likeness (QED) is 0.208. The van der Waals surface area contributed by atoms with Crippen LogP contribution in [-0.2, 0) is 34.3 Å². The van der Waals surface area contributed by atoms with E-state index in [1.165, 1.54) is 6.33 Å². The first-order chi connectivity index (χ1) is 26.8. The lowest BCUT2D eigenvalue weighted by molar-refractivity contribution is -0.137. The van der Waals surface area contributed by atoms with E-state index in [1.807, 2.05) is 24.0 Å². The van der Waals surface area contributed by atoms with Crippen LogP contribution in [0.2, 0.25) is 0 Å². The van der Waals surface area contributed by atoms with Crippen LogP contribution in [0.1, 0.15) is 71.4 Å². The second-order valence-corrected chi connectivity index (χ2v) is 14.6. The number of ether oxygens (including phenoxy) is 1. The zero-order valence-electron chi connectivity index (χ0n) is 30.4. The third-order valence-corrected chi connectivity index (χ3v) is 11.0. The summed E-state index contributed by atoms with van der Waals surface area (Å²) in [6, 6.07) is 9.09. The first kappa shape index (κ1) is 37.0. The molecule has 2 saturated heterocycles. The summed E-state index contributed by atoms with van der Waals surface area (Å²) in [5.74, 6) is -2.46. The summed E-state index contributed by atoms with van der Waals surface area (Å²) in [7, 11) is 1.56. The Morgan fingerprint density at radius 1 is 1.07 bits per heavy atom. The Labute approximate surface area is 316 Å². The van der Waals surface area contributed by atoms with Crippen molar-refractivity contribution >= 4 is 29.1 Å². The van der Waals surface area contributed by atoms with Gasteiger partial charge in [-0.1, -0.05) is 25.1 Å². The number of piperidine rings is 1. The van der Waals surface area contributed by atoms with Crippen molar-refractivity contribution in [2.24, 2.45) is 0 Å². The van der Waals surface area contributed by atoms with Gasteiger partial charge in [0.2, 0.25) is 11.7 Å². The van der Waals surface area contributed by atoms with Gasteiger partial charge in [-0.2, -0.15) is 22.7 Å². The zero-order valence-corrected chi connectivity index (χ0v) is 30.4. The van der Waals surface area contributed by atoms with E-state index in [0.29, 0.717) is 73.7 Å². The van der Waals surface area contributed by atoms with Crippen LogP contribution in [0.4, 0.5) is 29.1 Å². The summed E-state index contributed by atoms with van der Waals surface area (Å²) < 4.78 is 62.4. The van der Waals surface area contributed by atoms with Gasteiger partial charge in [-0.3, -0.25) is 14.4 Å². The first-order valence-electron chi connectivity index (χ1n) is 18.1. The standard InChI is InChI=1S/C38H37F4N9O5/c1-21-17-37(9-13-49(14-10-37)35(55)29-31(53)33(44-20-43-29)48-11-4-12-48)28-30(21)50(18-27(52)45-26-8-7-24(16-25(26)39)38(40,41)42)36-46-32(47-51(36)34(28)54)23-6-3-5-22(15-23)19-56-2/h3,5-8,15-16,20-21,53H,4,9-14,17-19H2,1-2H3,(H,45,52). The first-order valence-corrected chi connectivity index (χ1v) is 18.1. The number of nitrogens with one attached hydrogen (secondary N) is 1. The van der Waals surface area contributed by atoms with Crippen LogP contribution >= 0.6 is 0 Å². The molecule has 3 aromatic heterocycles. The van der Waals surface area contributed by atoms with Crippen molar-refractivity contribution in [3.8, 4) is 17.1 Å². The molecule has 3 aliphatic rings. The molecular formula is C38H37F4N9O5. The Balaban J connectivity index is 1.16. The highest BCUT2D eigenvalue weighted by molar-refractivity contribution is 5.96. The molecule has 2 aliphatic heterocycles. The molecule has 1 aliphatic carbocycles. The molecule has 1 atom stereocenters. The molecule has 2 amide bonds. The average molecular weight is 776 g/mol. The van der Waals surface area contributed by atoms with Crippen LogP contribution in [0.5, 0.6) is 5.75 Å². The molecule has 1 unspecified atom stereocenters. The highest BCUT2D eigenvalue weighted by Crippen LogP contribution is 2.50. The van der Waals surface area contributed by atoms with E-state index in [4.69, 9.17) is 9.72 Å². The molecule has 0 saturated carbocycles. The lowest BCUT2D eigenvalue weighted by atomic mass is 9.73. The molecule has 0 radical (unpaired) electrons. The number of carbonyl (C=O) groups excluding carboxylic acids is 2. The number of methoxy groups -OCH3 is 1. The van der Waals surface area contributed by atoms with Crippen molar-refractivity contribution in [2.45, 2.75) is 63.3 Å². The molecule has 1 spiro atoms. The van der Waals surface area contributed by atoms with Crippen LogP contribution in [0.3, 0.4) is 0 Å². The zero-order chi connectivity index (χ0) is 39.5. The Kier molecular flexibility index (Phi) is 9.25. The van der Waals surface area contributed by atoms with Crippen molar-refractivity contribution in [1.82, 2.24) is 34.0 Å². The Hall–Kier alpha value is -5.91. The monoisotopic (exact) mass is 775 g/mol. The number of aromatic nitrogens is 6. The molecule has 5 heterocycles. The molecule has 2 fully saturated rings. The molecule has 5 aromatic rings.